The molecule has 0 atom stereocenters. The van der Waals surface area contributed by atoms with Gasteiger partial charge >= 0.3 is 0 Å². The van der Waals surface area contributed by atoms with Gasteiger partial charge in [-0.05, 0) is 90.8 Å². The molecule has 0 N–H and O–H groups in total. The van der Waals surface area contributed by atoms with Crippen LogP contribution in [0.25, 0.3) is 88.8 Å². The van der Waals surface area contributed by atoms with Crippen molar-refractivity contribution in [1.82, 2.24) is 15.0 Å². The predicted octanol–water partition coefficient (Wildman–Crippen LogP) is 12.8. The number of benzene rings is 7. The first kappa shape index (κ1) is 31.1. The molecule has 2 heterocycles. The molecule has 7 aromatic carbocycles. The summed E-state index contributed by atoms with van der Waals surface area (Å²) in [5, 5.41) is 4.90. The molecule has 0 radical (unpaired) electrons. The summed E-state index contributed by atoms with van der Waals surface area (Å²) < 4.78 is 0. The van der Waals surface area contributed by atoms with Crippen LogP contribution >= 0.6 is 0 Å². The monoisotopic (exact) mass is 677 g/mol. The van der Waals surface area contributed by atoms with Crippen molar-refractivity contribution in [2.75, 3.05) is 0 Å². The molecule has 1 aliphatic rings. The first-order chi connectivity index (χ1) is 26.0. The van der Waals surface area contributed by atoms with E-state index < -0.39 is 0 Å². The van der Waals surface area contributed by atoms with E-state index in [1.165, 1.54) is 49.5 Å². The first-order valence-corrected chi connectivity index (χ1v) is 18.2. The second-order valence-corrected chi connectivity index (χ2v) is 14.5. The molecule has 53 heavy (non-hydrogen) atoms. The number of hydrogen-bond donors (Lipinski definition) is 0. The highest BCUT2D eigenvalue weighted by molar-refractivity contribution is 6.06. The summed E-state index contributed by atoms with van der Waals surface area (Å²) >= 11 is 0. The van der Waals surface area contributed by atoms with Crippen LogP contribution in [-0.2, 0) is 5.41 Å². The Morgan fingerprint density at radius 3 is 1.89 bits per heavy atom. The Bertz CT molecular complexity index is 2860. The van der Waals surface area contributed by atoms with Gasteiger partial charge in [-0.2, -0.15) is 0 Å². The highest BCUT2D eigenvalue weighted by Gasteiger charge is 2.36. The molecular formula is C50H35N3. The lowest BCUT2D eigenvalue weighted by Gasteiger charge is -2.22. The summed E-state index contributed by atoms with van der Waals surface area (Å²) in [5.74, 6) is 0.702. The first-order valence-electron chi connectivity index (χ1n) is 18.2. The fourth-order valence-electron chi connectivity index (χ4n) is 8.28. The minimum absolute atomic E-state index is 0.114. The van der Waals surface area contributed by atoms with Crippen LogP contribution in [0.1, 0.15) is 25.0 Å². The van der Waals surface area contributed by atoms with Gasteiger partial charge < -0.3 is 0 Å². The third kappa shape index (κ3) is 5.16. The van der Waals surface area contributed by atoms with Gasteiger partial charge in [0.15, 0.2) is 5.82 Å². The number of nitrogens with zero attached hydrogens (tertiary/aromatic N) is 3. The Hall–Kier alpha value is -6.71. The van der Waals surface area contributed by atoms with Gasteiger partial charge in [-0.25, -0.2) is 9.97 Å². The third-order valence-electron chi connectivity index (χ3n) is 11.0. The molecule has 0 unspecified atom stereocenters. The average molecular weight is 678 g/mol. The maximum atomic E-state index is 5.27. The third-order valence-corrected chi connectivity index (χ3v) is 11.0. The summed E-state index contributed by atoms with van der Waals surface area (Å²) in [5.41, 5.74) is 14.8. The molecule has 9 aromatic rings. The summed E-state index contributed by atoms with van der Waals surface area (Å²) in [4.78, 5) is 14.8. The number of rotatable bonds is 5. The van der Waals surface area contributed by atoms with Crippen molar-refractivity contribution in [2.24, 2.45) is 0 Å². The Morgan fingerprint density at radius 2 is 1.08 bits per heavy atom. The topological polar surface area (TPSA) is 38.7 Å². The number of aromatic nitrogens is 3. The highest BCUT2D eigenvalue weighted by atomic mass is 14.9. The van der Waals surface area contributed by atoms with Crippen molar-refractivity contribution in [3.05, 3.63) is 187 Å². The van der Waals surface area contributed by atoms with Crippen molar-refractivity contribution < 1.29 is 0 Å². The number of fused-ring (bicyclic) bond motifs is 6. The van der Waals surface area contributed by atoms with E-state index in [4.69, 9.17) is 9.97 Å². The molecule has 0 saturated heterocycles. The van der Waals surface area contributed by atoms with Gasteiger partial charge in [-0.15, -0.1) is 0 Å². The van der Waals surface area contributed by atoms with Crippen LogP contribution in [0.15, 0.2) is 176 Å². The lowest BCUT2D eigenvalue weighted by molar-refractivity contribution is 0.661. The fourth-order valence-corrected chi connectivity index (χ4v) is 8.28. The van der Waals surface area contributed by atoms with Crippen molar-refractivity contribution in [3.63, 3.8) is 0 Å². The van der Waals surface area contributed by atoms with Gasteiger partial charge in [0.2, 0.25) is 0 Å². The van der Waals surface area contributed by atoms with Crippen LogP contribution < -0.4 is 0 Å². The van der Waals surface area contributed by atoms with Gasteiger partial charge in [0.25, 0.3) is 0 Å². The molecule has 0 spiro atoms. The molecule has 3 heteroatoms. The molecule has 1 aliphatic carbocycles. The van der Waals surface area contributed by atoms with E-state index in [0.29, 0.717) is 5.82 Å². The second kappa shape index (κ2) is 12.2. The SMILES string of the molecule is CC1(C)c2cc(-c3ccc(-c4nc(-c5ccccc5)cc(-c5cccc(-c6cccnc6)c5)n4)c4ccccc34)ccc2-c2c1ccc1ccccc21. The summed E-state index contributed by atoms with van der Waals surface area (Å²) in [6.45, 7) is 4.72. The molecule has 10 rings (SSSR count). The van der Waals surface area contributed by atoms with Gasteiger partial charge in [-0.1, -0.05) is 147 Å². The predicted molar refractivity (Wildman–Crippen MR) is 220 cm³/mol. The van der Waals surface area contributed by atoms with E-state index in [1.807, 2.05) is 18.3 Å². The lowest BCUT2D eigenvalue weighted by atomic mass is 9.81. The minimum Gasteiger partial charge on any atom is -0.264 e. The lowest BCUT2D eigenvalue weighted by Crippen LogP contribution is -2.15. The number of hydrogen-bond acceptors (Lipinski definition) is 3. The van der Waals surface area contributed by atoms with E-state index in [9.17, 15) is 0 Å². The maximum absolute atomic E-state index is 5.27. The quantitative estimate of drug-likeness (QED) is 0.182. The Morgan fingerprint density at radius 1 is 0.415 bits per heavy atom. The summed E-state index contributed by atoms with van der Waals surface area (Å²) in [6.07, 6.45) is 3.70. The standard InChI is InChI=1S/C50H35N3/c1-50(2)44-26-22-32-12-6-7-18-39(32)48(44)43-23-21-35(29-45(43)50)38-24-25-42(41-20-9-8-19-40(38)41)49-52-46(33-13-4-3-5-14-33)30-47(53-49)36-16-10-15-34(28-36)37-17-11-27-51-31-37/h3-31H,1-2H3. The fraction of sp³-hybridized carbons (Fsp3) is 0.0600. The molecule has 0 aliphatic heterocycles. The van der Waals surface area contributed by atoms with Crippen molar-refractivity contribution >= 4 is 21.5 Å². The van der Waals surface area contributed by atoms with Crippen molar-refractivity contribution in [2.45, 2.75) is 19.3 Å². The number of pyridine rings is 1. The molecular weight excluding hydrogens is 643 g/mol. The maximum Gasteiger partial charge on any atom is 0.161 e. The van der Waals surface area contributed by atoms with Crippen molar-refractivity contribution in [1.29, 1.82) is 0 Å². The zero-order chi connectivity index (χ0) is 35.5. The zero-order valence-electron chi connectivity index (χ0n) is 29.6. The molecule has 0 fully saturated rings. The molecule has 0 amide bonds. The molecule has 3 nitrogen and oxygen atoms in total. The average Bonchev–Trinajstić information content (AvgIpc) is 3.46. The minimum atomic E-state index is -0.114. The van der Waals surface area contributed by atoms with E-state index in [0.717, 1.165) is 44.6 Å². The largest absolute Gasteiger partial charge is 0.264 e. The van der Waals surface area contributed by atoms with E-state index in [2.05, 4.69) is 170 Å². The van der Waals surface area contributed by atoms with Gasteiger partial charge in [0.05, 0.1) is 11.4 Å². The van der Waals surface area contributed by atoms with Gasteiger partial charge in [0.1, 0.15) is 0 Å². The van der Waals surface area contributed by atoms with Crippen LogP contribution in [0.2, 0.25) is 0 Å². The molecule has 250 valence electrons. The molecule has 2 aromatic heterocycles. The van der Waals surface area contributed by atoms with Gasteiger partial charge in [0, 0.05) is 40.1 Å². The zero-order valence-corrected chi connectivity index (χ0v) is 29.6. The van der Waals surface area contributed by atoms with Crippen LogP contribution in [-0.4, -0.2) is 15.0 Å². The van der Waals surface area contributed by atoms with E-state index in [-0.39, 0.29) is 5.41 Å². The Kier molecular flexibility index (Phi) is 7.16. The summed E-state index contributed by atoms with van der Waals surface area (Å²) in [7, 11) is 0. The summed E-state index contributed by atoms with van der Waals surface area (Å²) in [6, 6.07) is 58.6. The van der Waals surface area contributed by atoms with E-state index in [1.54, 1.807) is 6.20 Å². The van der Waals surface area contributed by atoms with E-state index >= 15 is 0 Å². The van der Waals surface area contributed by atoms with Crippen molar-refractivity contribution in [3.8, 4) is 67.3 Å². The van der Waals surface area contributed by atoms with Crippen LogP contribution in [0.3, 0.4) is 0 Å². The van der Waals surface area contributed by atoms with Gasteiger partial charge in [-0.3, -0.25) is 4.98 Å². The molecule has 0 bridgehead atoms. The van der Waals surface area contributed by atoms with Crippen LogP contribution in [0.4, 0.5) is 0 Å². The highest BCUT2D eigenvalue weighted by Crippen LogP contribution is 2.52. The van der Waals surface area contributed by atoms with Crippen LogP contribution in [0, 0.1) is 0 Å². The Labute approximate surface area is 309 Å². The van der Waals surface area contributed by atoms with Crippen LogP contribution in [0.5, 0.6) is 0 Å². The second-order valence-electron chi connectivity index (χ2n) is 14.5. The normalized spacial score (nSPS) is 12.9. The Balaban J connectivity index is 1.12. The smallest absolute Gasteiger partial charge is 0.161 e. The molecule has 0 saturated carbocycles.